The Morgan fingerprint density at radius 2 is 1.90 bits per heavy atom. The van der Waals surface area contributed by atoms with E-state index in [0.29, 0.717) is 17.8 Å². The molecule has 0 spiro atoms. The summed E-state index contributed by atoms with van der Waals surface area (Å²) in [5.74, 6) is -3.12. The number of anilines is 1. The van der Waals surface area contributed by atoms with Crippen LogP contribution >= 0.6 is 11.3 Å². The number of aliphatic carboxylic acids is 1. The van der Waals surface area contributed by atoms with Crippen molar-refractivity contribution in [3.05, 3.63) is 70.4 Å². The lowest BCUT2D eigenvalue weighted by Crippen LogP contribution is -2.21. The number of fused-ring (bicyclic) bond motifs is 3. The quantitative estimate of drug-likeness (QED) is 0.576. The number of hydrogen-bond acceptors (Lipinski definition) is 5. The van der Waals surface area contributed by atoms with Crippen molar-refractivity contribution in [1.82, 2.24) is 4.98 Å². The van der Waals surface area contributed by atoms with Gasteiger partial charge in [-0.3, -0.25) is 9.78 Å². The molecule has 1 amide bonds. The first kappa shape index (κ1) is 21.3. The maximum Gasteiger partial charge on any atom is 0.490 e. The molecule has 3 heterocycles. The molecule has 0 saturated carbocycles. The van der Waals surface area contributed by atoms with E-state index >= 15 is 0 Å². The number of halogens is 3. The second-order valence-electron chi connectivity index (χ2n) is 6.32. The topological polar surface area (TPSA) is 105 Å². The normalized spacial score (nSPS) is 12.0. The number of hydrogen-bond donors (Lipinski definition) is 3. The average Bonchev–Trinajstić information content (AvgIpc) is 3.08. The molecule has 0 aliphatic carbocycles. The summed E-state index contributed by atoms with van der Waals surface area (Å²) in [6, 6.07) is 12.1. The van der Waals surface area contributed by atoms with E-state index in [-0.39, 0.29) is 5.91 Å². The van der Waals surface area contributed by atoms with Crippen molar-refractivity contribution < 1.29 is 27.9 Å². The van der Waals surface area contributed by atoms with Crippen LogP contribution in [0.3, 0.4) is 0 Å². The Kier molecular flexibility index (Phi) is 6.06. The first-order valence-corrected chi connectivity index (χ1v) is 9.46. The van der Waals surface area contributed by atoms with Crippen molar-refractivity contribution >= 4 is 28.9 Å². The summed E-state index contributed by atoms with van der Waals surface area (Å²) in [6.45, 7) is 0.714. The van der Waals surface area contributed by atoms with Crippen molar-refractivity contribution in [1.29, 1.82) is 0 Å². The molecular formula is C20H16F3N3O3S. The molecule has 4 rings (SSSR count). The highest BCUT2D eigenvalue weighted by atomic mass is 32.1. The minimum Gasteiger partial charge on any atom is -0.475 e. The van der Waals surface area contributed by atoms with Crippen LogP contribution in [0.1, 0.15) is 26.4 Å². The van der Waals surface area contributed by atoms with E-state index in [1.165, 1.54) is 16.9 Å². The number of primary amides is 1. The maximum atomic E-state index is 11.9. The Morgan fingerprint density at radius 3 is 2.50 bits per heavy atom. The Hall–Kier alpha value is -3.40. The van der Waals surface area contributed by atoms with E-state index in [4.69, 9.17) is 15.6 Å². The number of aromatic nitrogens is 1. The molecular weight excluding hydrogens is 419 g/mol. The Labute approximate surface area is 173 Å². The molecule has 0 unspecified atom stereocenters. The number of pyridine rings is 1. The fourth-order valence-electron chi connectivity index (χ4n) is 3.02. The SMILES string of the molecule is NC(=O)c1sc2c(c1Cc1cccnc1)CNc1ccccc1-2.O=C(O)C(F)(F)F. The summed E-state index contributed by atoms with van der Waals surface area (Å²) in [4.78, 5) is 26.8. The predicted octanol–water partition coefficient (Wildman–Crippen LogP) is 4.06. The molecule has 1 aliphatic heterocycles. The van der Waals surface area contributed by atoms with Crippen LogP contribution < -0.4 is 11.1 Å². The second kappa shape index (κ2) is 8.54. The average molecular weight is 435 g/mol. The molecule has 30 heavy (non-hydrogen) atoms. The van der Waals surface area contributed by atoms with Crippen molar-refractivity contribution in [2.75, 3.05) is 5.32 Å². The van der Waals surface area contributed by atoms with E-state index < -0.39 is 12.1 Å². The molecule has 3 aromatic rings. The first-order chi connectivity index (χ1) is 14.2. The zero-order valence-corrected chi connectivity index (χ0v) is 16.2. The Bertz CT molecular complexity index is 1080. The first-order valence-electron chi connectivity index (χ1n) is 8.65. The van der Waals surface area contributed by atoms with Gasteiger partial charge in [-0.25, -0.2) is 4.79 Å². The molecule has 0 saturated heterocycles. The van der Waals surface area contributed by atoms with Gasteiger partial charge in [0.25, 0.3) is 5.91 Å². The molecule has 0 bridgehead atoms. The molecule has 0 fully saturated rings. The maximum absolute atomic E-state index is 11.9. The van der Waals surface area contributed by atoms with Crippen LogP contribution in [-0.4, -0.2) is 28.1 Å². The van der Waals surface area contributed by atoms with Crippen LogP contribution in [0.25, 0.3) is 10.4 Å². The van der Waals surface area contributed by atoms with Gasteiger partial charge in [0.1, 0.15) is 0 Å². The van der Waals surface area contributed by atoms with Crippen molar-refractivity contribution in [2.45, 2.75) is 19.1 Å². The van der Waals surface area contributed by atoms with Gasteiger partial charge >= 0.3 is 12.1 Å². The third-order valence-electron chi connectivity index (χ3n) is 4.31. The summed E-state index contributed by atoms with van der Waals surface area (Å²) >= 11 is 1.50. The standard InChI is InChI=1S/C18H15N3OS.C2HF3O2/c19-18(22)17-13(8-11-4-3-7-20-9-11)14-10-21-15-6-2-1-5-12(15)16(14)23-17;3-2(4,5)1(6)7/h1-7,9,21H,8,10H2,(H2,19,22);(H,6,7). The van der Waals surface area contributed by atoms with Crippen LogP contribution in [0.15, 0.2) is 48.8 Å². The van der Waals surface area contributed by atoms with Gasteiger partial charge in [-0.1, -0.05) is 24.3 Å². The number of carboxylic acid groups (broad SMARTS) is 1. The van der Waals surface area contributed by atoms with Gasteiger partial charge < -0.3 is 16.2 Å². The summed E-state index contributed by atoms with van der Waals surface area (Å²) in [6.07, 6.45) is -0.833. The van der Waals surface area contributed by atoms with Gasteiger partial charge in [0.15, 0.2) is 0 Å². The zero-order valence-electron chi connectivity index (χ0n) is 15.4. The van der Waals surface area contributed by atoms with Gasteiger partial charge in [0.05, 0.1) is 4.88 Å². The van der Waals surface area contributed by atoms with Crippen molar-refractivity contribution in [3.63, 3.8) is 0 Å². The molecule has 0 atom stereocenters. The third kappa shape index (κ3) is 4.60. The minimum absolute atomic E-state index is 0.360. The zero-order chi connectivity index (χ0) is 21.9. The van der Waals surface area contributed by atoms with E-state index in [9.17, 15) is 18.0 Å². The van der Waals surface area contributed by atoms with Crippen LogP contribution in [0, 0.1) is 0 Å². The number of alkyl halides is 3. The monoisotopic (exact) mass is 435 g/mol. The molecule has 1 aromatic carbocycles. The van der Waals surface area contributed by atoms with Gasteiger partial charge in [0, 0.05) is 41.5 Å². The number of nitrogens with one attached hydrogen (secondary N) is 1. The highest BCUT2D eigenvalue weighted by Gasteiger charge is 2.38. The number of carbonyl (C=O) groups is 2. The molecule has 6 nitrogen and oxygen atoms in total. The highest BCUT2D eigenvalue weighted by molar-refractivity contribution is 7.18. The number of para-hydroxylation sites is 1. The number of nitrogens with two attached hydrogens (primary N) is 1. The second-order valence-corrected chi connectivity index (χ2v) is 7.34. The van der Waals surface area contributed by atoms with Crippen molar-refractivity contribution in [3.8, 4) is 10.4 Å². The van der Waals surface area contributed by atoms with E-state index in [1.54, 1.807) is 6.20 Å². The van der Waals surface area contributed by atoms with Gasteiger partial charge in [-0.05, 0) is 28.8 Å². The highest BCUT2D eigenvalue weighted by Crippen LogP contribution is 2.44. The van der Waals surface area contributed by atoms with E-state index in [2.05, 4.69) is 22.4 Å². The lowest BCUT2D eigenvalue weighted by molar-refractivity contribution is -0.192. The number of rotatable bonds is 3. The molecule has 1 aliphatic rings. The molecule has 4 N–H and O–H groups in total. The van der Waals surface area contributed by atoms with Gasteiger partial charge in [0.2, 0.25) is 0 Å². The van der Waals surface area contributed by atoms with Crippen LogP contribution in [-0.2, 0) is 17.8 Å². The van der Waals surface area contributed by atoms with E-state index in [0.717, 1.165) is 27.3 Å². The fraction of sp³-hybridized carbons (Fsp3) is 0.150. The number of carbonyl (C=O) groups excluding carboxylic acids is 1. The largest absolute Gasteiger partial charge is 0.490 e. The third-order valence-corrected chi connectivity index (χ3v) is 5.64. The van der Waals surface area contributed by atoms with Crippen LogP contribution in [0.2, 0.25) is 0 Å². The smallest absolute Gasteiger partial charge is 0.475 e. The van der Waals surface area contributed by atoms with Gasteiger partial charge in [-0.2, -0.15) is 13.2 Å². The Morgan fingerprint density at radius 1 is 1.20 bits per heavy atom. The van der Waals surface area contributed by atoms with Crippen LogP contribution in [0.5, 0.6) is 0 Å². The summed E-state index contributed by atoms with van der Waals surface area (Å²) < 4.78 is 31.7. The summed E-state index contributed by atoms with van der Waals surface area (Å²) in [5.41, 5.74) is 11.1. The number of thiophene rings is 1. The molecule has 0 radical (unpaired) electrons. The van der Waals surface area contributed by atoms with Crippen molar-refractivity contribution in [2.24, 2.45) is 5.73 Å². The van der Waals surface area contributed by atoms with Gasteiger partial charge in [-0.15, -0.1) is 11.3 Å². The lowest BCUT2D eigenvalue weighted by Gasteiger charge is -2.19. The molecule has 2 aromatic heterocycles. The number of carboxylic acids is 1. The number of nitrogens with zero attached hydrogens (tertiary/aromatic N) is 1. The summed E-state index contributed by atoms with van der Waals surface area (Å²) in [7, 11) is 0. The van der Waals surface area contributed by atoms with E-state index in [1.807, 2.05) is 30.5 Å². The minimum atomic E-state index is -5.08. The Balaban J connectivity index is 0.000000318. The number of amides is 1. The van der Waals surface area contributed by atoms with Crippen LogP contribution in [0.4, 0.5) is 18.9 Å². The molecule has 156 valence electrons. The lowest BCUT2D eigenvalue weighted by atomic mass is 9.95. The predicted molar refractivity (Wildman–Crippen MR) is 106 cm³/mol. The number of benzene rings is 1. The fourth-order valence-corrected chi connectivity index (χ4v) is 4.25. The molecule has 10 heteroatoms. The summed E-state index contributed by atoms with van der Waals surface area (Å²) in [5, 5.41) is 10.6.